The molecule has 1 atom stereocenters. The summed E-state index contributed by atoms with van der Waals surface area (Å²) in [5, 5.41) is 2.91. The van der Waals surface area contributed by atoms with Gasteiger partial charge in [0.1, 0.15) is 0 Å². The van der Waals surface area contributed by atoms with Crippen LogP contribution in [-0.4, -0.2) is 28.9 Å². The smallest absolute Gasteiger partial charge is 0.298 e. The molecule has 1 saturated heterocycles. The molecule has 2 aromatic rings. The predicted octanol–water partition coefficient (Wildman–Crippen LogP) is 2.89. The first-order valence-corrected chi connectivity index (χ1v) is 8.53. The van der Waals surface area contributed by atoms with Gasteiger partial charge in [0.2, 0.25) is 6.33 Å². The van der Waals surface area contributed by atoms with Crippen molar-refractivity contribution in [3.63, 3.8) is 0 Å². The molecule has 0 aliphatic carbocycles. The number of benzene rings is 1. The molecule has 1 fully saturated rings. The number of H-pyrrole nitrogens is 1. The summed E-state index contributed by atoms with van der Waals surface area (Å²) in [4.78, 5) is 28.3. The van der Waals surface area contributed by atoms with E-state index in [1.165, 1.54) is 5.56 Å². The molecule has 6 heteroatoms. The molecule has 1 N–H and O–H groups in total. The number of aromatic amines is 1. The van der Waals surface area contributed by atoms with E-state index in [-0.39, 0.29) is 17.8 Å². The van der Waals surface area contributed by atoms with Crippen LogP contribution in [0.15, 0.2) is 48.0 Å². The lowest BCUT2D eigenvalue weighted by molar-refractivity contribution is -0.709. The van der Waals surface area contributed by atoms with Crippen molar-refractivity contribution in [3.8, 4) is 0 Å². The van der Waals surface area contributed by atoms with Crippen LogP contribution in [0, 0.1) is 4.91 Å². The van der Waals surface area contributed by atoms with Crippen LogP contribution >= 0.6 is 0 Å². The van der Waals surface area contributed by atoms with E-state index in [9.17, 15) is 9.70 Å². The molecular weight excluding hydrogens is 304 g/mol. The Morgan fingerprint density at radius 3 is 2.67 bits per heavy atom. The zero-order valence-electron chi connectivity index (χ0n) is 13.7. The average molecular weight is 327 g/mol. The lowest BCUT2D eigenvalue weighted by atomic mass is 10.0. The Bertz CT molecular complexity index is 677. The topological polar surface area (TPSA) is 69.4 Å². The van der Waals surface area contributed by atoms with Gasteiger partial charge in [0.05, 0.1) is 0 Å². The first-order chi connectivity index (χ1) is 11.8. The minimum Gasteiger partial charge on any atom is -0.339 e. The van der Waals surface area contributed by atoms with Gasteiger partial charge in [-0.05, 0) is 37.7 Å². The summed E-state index contributed by atoms with van der Waals surface area (Å²) >= 11 is 0. The molecule has 24 heavy (non-hydrogen) atoms. The third-order valence-corrected chi connectivity index (χ3v) is 4.58. The van der Waals surface area contributed by atoms with Crippen molar-refractivity contribution in [1.82, 2.24) is 9.88 Å². The Morgan fingerprint density at radius 2 is 2.00 bits per heavy atom. The van der Waals surface area contributed by atoms with Crippen molar-refractivity contribution in [3.05, 3.63) is 53.3 Å². The van der Waals surface area contributed by atoms with Crippen LogP contribution in [0.25, 0.3) is 0 Å². The van der Waals surface area contributed by atoms with E-state index in [4.69, 9.17) is 0 Å². The van der Waals surface area contributed by atoms with Gasteiger partial charge in [-0.1, -0.05) is 30.3 Å². The first-order valence-electron chi connectivity index (χ1n) is 8.53. The van der Waals surface area contributed by atoms with Crippen LogP contribution in [-0.2, 0) is 11.2 Å². The number of rotatable bonds is 7. The summed E-state index contributed by atoms with van der Waals surface area (Å²) in [6.45, 7) is 1.66. The summed E-state index contributed by atoms with van der Waals surface area (Å²) in [6, 6.07) is 10.0. The number of aryl methyl sites for hydroxylation is 1. The SMILES string of the molecule is O=Nc1c[n+](C(CCCc2ccccc2)C(=O)N2CCCC2)c[nH]1. The van der Waals surface area contributed by atoms with Gasteiger partial charge in [0, 0.05) is 18.3 Å². The molecule has 126 valence electrons. The third-order valence-electron chi connectivity index (χ3n) is 4.58. The zero-order valence-corrected chi connectivity index (χ0v) is 13.7. The number of nitrogens with zero attached hydrogens (tertiary/aromatic N) is 3. The van der Waals surface area contributed by atoms with Gasteiger partial charge < -0.3 is 4.90 Å². The maximum absolute atomic E-state index is 12.9. The minimum absolute atomic E-state index is 0.141. The highest BCUT2D eigenvalue weighted by Gasteiger charge is 2.31. The van der Waals surface area contributed by atoms with Crippen LogP contribution in [0.4, 0.5) is 5.82 Å². The van der Waals surface area contributed by atoms with Gasteiger partial charge in [-0.2, -0.15) is 0 Å². The fraction of sp³-hybridized carbons (Fsp3) is 0.444. The maximum Gasteiger partial charge on any atom is 0.298 e. The molecule has 2 heterocycles. The fourth-order valence-corrected chi connectivity index (χ4v) is 3.28. The Balaban J connectivity index is 1.69. The molecule has 0 radical (unpaired) electrons. The van der Waals surface area contributed by atoms with Gasteiger partial charge in [-0.15, -0.1) is 4.91 Å². The van der Waals surface area contributed by atoms with Crippen molar-refractivity contribution < 1.29 is 9.36 Å². The second-order valence-electron chi connectivity index (χ2n) is 6.25. The van der Waals surface area contributed by atoms with E-state index in [1.807, 2.05) is 23.1 Å². The molecule has 1 aliphatic heterocycles. The van der Waals surface area contributed by atoms with Crippen molar-refractivity contribution in [2.45, 2.75) is 38.1 Å². The highest BCUT2D eigenvalue weighted by molar-refractivity contribution is 5.79. The van der Waals surface area contributed by atoms with E-state index < -0.39 is 0 Å². The highest BCUT2D eigenvalue weighted by Crippen LogP contribution is 2.18. The van der Waals surface area contributed by atoms with Crippen LogP contribution in [0.5, 0.6) is 0 Å². The summed E-state index contributed by atoms with van der Waals surface area (Å²) in [7, 11) is 0. The van der Waals surface area contributed by atoms with Gasteiger partial charge in [-0.25, -0.2) is 9.55 Å². The fourth-order valence-electron chi connectivity index (χ4n) is 3.28. The number of likely N-dealkylation sites (tertiary alicyclic amines) is 1. The normalized spacial score (nSPS) is 15.4. The maximum atomic E-state index is 12.9. The lowest BCUT2D eigenvalue weighted by Gasteiger charge is -2.21. The first kappa shape index (κ1) is 16.4. The number of hydrogen-bond acceptors (Lipinski definition) is 3. The molecule has 3 rings (SSSR count). The molecule has 1 aromatic heterocycles. The largest absolute Gasteiger partial charge is 0.339 e. The number of nitrogens with one attached hydrogen (secondary N) is 1. The van der Waals surface area contributed by atoms with Crippen molar-refractivity contribution >= 4 is 11.7 Å². The second kappa shape index (κ2) is 7.86. The summed E-state index contributed by atoms with van der Waals surface area (Å²) in [5.74, 6) is 0.388. The molecule has 1 amide bonds. The second-order valence-corrected chi connectivity index (χ2v) is 6.25. The third kappa shape index (κ3) is 3.88. The van der Waals surface area contributed by atoms with Crippen molar-refractivity contribution in [2.24, 2.45) is 5.18 Å². The average Bonchev–Trinajstić information content (AvgIpc) is 3.30. The zero-order chi connectivity index (χ0) is 16.8. The van der Waals surface area contributed by atoms with E-state index in [0.717, 1.165) is 45.2 Å². The number of imidazole rings is 1. The van der Waals surface area contributed by atoms with Gasteiger partial charge >= 0.3 is 0 Å². The summed E-state index contributed by atoms with van der Waals surface area (Å²) < 4.78 is 1.79. The Morgan fingerprint density at radius 1 is 1.25 bits per heavy atom. The summed E-state index contributed by atoms with van der Waals surface area (Å²) in [6.07, 6.45) is 8.02. The Labute approximate surface area is 141 Å². The highest BCUT2D eigenvalue weighted by atomic mass is 16.3. The standard InChI is InChI=1S/C18H22N4O2/c23-18(21-11-4-5-12-21)16(22-13-17(20-24)19-14-22)10-6-9-15-7-2-1-3-8-15/h1-3,7-8,13-14,16H,4-6,9-12H2/p+1. The lowest BCUT2D eigenvalue weighted by Crippen LogP contribution is -2.48. The molecule has 6 nitrogen and oxygen atoms in total. The number of hydrogen-bond donors (Lipinski definition) is 1. The molecule has 1 aliphatic rings. The van der Waals surface area contributed by atoms with Crippen LogP contribution < -0.4 is 4.57 Å². The predicted molar refractivity (Wildman–Crippen MR) is 90.7 cm³/mol. The Kier molecular flexibility index (Phi) is 5.36. The Hall–Kier alpha value is -2.50. The van der Waals surface area contributed by atoms with E-state index in [2.05, 4.69) is 22.3 Å². The van der Waals surface area contributed by atoms with Crippen molar-refractivity contribution in [2.75, 3.05) is 13.1 Å². The number of carbonyl (C=O) groups is 1. The summed E-state index contributed by atoms with van der Waals surface area (Å²) in [5.41, 5.74) is 1.28. The van der Waals surface area contributed by atoms with Crippen LogP contribution in [0.3, 0.4) is 0 Å². The monoisotopic (exact) mass is 327 g/mol. The molecule has 0 saturated carbocycles. The molecular formula is C18H23N4O2+. The van der Waals surface area contributed by atoms with Crippen LogP contribution in [0.2, 0.25) is 0 Å². The van der Waals surface area contributed by atoms with E-state index >= 15 is 0 Å². The number of nitroso groups, excluding NO2 is 1. The van der Waals surface area contributed by atoms with E-state index in [0.29, 0.717) is 0 Å². The van der Waals surface area contributed by atoms with Gasteiger partial charge in [0.15, 0.2) is 12.2 Å². The molecule has 1 aromatic carbocycles. The molecule has 0 bridgehead atoms. The van der Waals surface area contributed by atoms with Crippen LogP contribution in [0.1, 0.15) is 37.3 Å². The van der Waals surface area contributed by atoms with Gasteiger partial charge in [0.25, 0.3) is 11.7 Å². The molecule has 1 unspecified atom stereocenters. The minimum atomic E-state index is -0.279. The number of carbonyl (C=O) groups excluding carboxylic acids is 1. The van der Waals surface area contributed by atoms with Gasteiger partial charge in [-0.3, -0.25) is 4.79 Å². The molecule has 0 spiro atoms. The number of amides is 1. The van der Waals surface area contributed by atoms with Crippen molar-refractivity contribution in [1.29, 1.82) is 0 Å². The quantitative estimate of drug-likeness (QED) is 0.627. The number of aromatic nitrogens is 2. The van der Waals surface area contributed by atoms with E-state index in [1.54, 1.807) is 17.1 Å².